The quantitative estimate of drug-likeness (QED) is 0.618. The number of hydrogen-bond acceptors (Lipinski definition) is 4. The maximum absolute atomic E-state index is 11.7. The molecule has 0 aromatic rings. The maximum Gasteiger partial charge on any atom is 0.405 e. The monoisotopic (exact) mass is 211 g/mol. The van der Waals surface area contributed by atoms with Crippen LogP contribution in [0.15, 0.2) is 0 Å². The Kier molecular flexibility index (Phi) is 6.55. The zero-order valence-electron chi connectivity index (χ0n) is 8.32. The molecule has 6 heteroatoms. The van der Waals surface area contributed by atoms with Crippen molar-refractivity contribution in [2.75, 3.05) is 19.8 Å². The van der Waals surface area contributed by atoms with E-state index in [-0.39, 0.29) is 12.6 Å². The summed E-state index contributed by atoms with van der Waals surface area (Å²) in [5, 5.41) is 11.3. The van der Waals surface area contributed by atoms with Crippen LogP contribution in [0.5, 0.6) is 0 Å². The van der Waals surface area contributed by atoms with Crippen molar-refractivity contribution in [3.8, 4) is 0 Å². The van der Waals surface area contributed by atoms with E-state index < -0.39 is 7.75 Å². The van der Waals surface area contributed by atoms with Gasteiger partial charge in [-0.3, -0.25) is 9.05 Å². The minimum Gasteiger partial charge on any atom is -0.395 e. The fraction of sp³-hybridized carbons (Fsp3) is 1.00. The van der Waals surface area contributed by atoms with Crippen LogP contribution in [0.3, 0.4) is 0 Å². The average Bonchev–Trinajstić information content (AvgIpc) is 2.04. The lowest BCUT2D eigenvalue weighted by atomic mass is 10.4. The summed E-state index contributed by atoms with van der Waals surface area (Å²) in [5.74, 6) is 0. The molecule has 5 nitrogen and oxygen atoms in total. The Morgan fingerprint density at radius 1 is 1.38 bits per heavy atom. The molecular formula is C7H18NO4P. The normalized spacial score (nSPS) is 14.5. The summed E-state index contributed by atoms with van der Waals surface area (Å²) in [6, 6.07) is -0.302. The lowest BCUT2D eigenvalue weighted by Gasteiger charge is -2.20. The SMILES string of the molecule is CCOP(=O)(N[C@@H](C)CO)OCC. The molecule has 0 aliphatic heterocycles. The van der Waals surface area contributed by atoms with Gasteiger partial charge in [0.1, 0.15) is 0 Å². The van der Waals surface area contributed by atoms with Crippen molar-refractivity contribution in [2.24, 2.45) is 0 Å². The van der Waals surface area contributed by atoms with Gasteiger partial charge >= 0.3 is 7.75 Å². The summed E-state index contributed by atoms with van der Waals surface area (Å²) in [6.45, 7) is 5.67. The van der Waals surface area contributed by atoms with E-state index in [0.29, 0.717) is 13.2 Å². The van der Waals surface area contributed by atoms with E-state index in [1.807, 2.05) is 0 Å². The van der Waals surface area contributed by atoms with Gasteiger partial charge in [-0.2, -0.15) is 0 Å². The van der Waals surface area contributed by atoms with E-state index in [0.717, 1.165) is 0 Å². The topological polar surface area (TPSA) is 67.8 Å². The van der Waals surface area contributed by atoms with Gasteiger partial charge in [0.25, 0.3) is 0 Å². The van der Waals surface area contributed by atoms with Crippen molar-refractivity contribution in [2.45, 2.75) is 26.8 Å². The van der Waals surface area contributed by atoms with E-state index >= 15 is 0 Å². The summed E-state index contributed by atoms with van der Waals surface area (Å²) >= 11 is 0. The number of hydrogen-bond donors (Lipinski definition) is 2. The van der Waals surface area contributed by atoms with Crippen LogP contribution in [0.2, 0.25) is 0 Å². The van der Waals surface area contributed by atoms with Crippen LogP contribution in [-0.2, 0) is 13.6 Å². The molecule has 0 amide bonds. The molecule has 0 bridgehead atoms. The van der Waals surface area contributed by atoms with Crippen molar-refractivity contribution in [1.82, 2.24) is 5.09 Å². The second-order valence-corrected chi connectivity index (χ2v) is 4.32. The minimum absolute atomic E-state index is 0.107. The molecule has 13 heavy (non-hydrogen) atoms. The van der Waals surface area contributed by atoms with Crippen molar-refractivity contribution in [1.29, 1.82) is 0 Å². The Bertz CT molecular complexity index is 166. The van der Waals surface area contributed by atoms with Crippen LogP contribution < -0.4 is 5.09 Å². The van der Waals surface area contributed by atoms with Crippen molar-refractivity contribution >= 4 is 7.75 Å². The number of aliphatic hydroxyl groups is 1. The van der Waals surface area contributed by atoms with Crippen molar-refractivity contribution in [3.05, 3.63) is 0 Å². The highest BCUT2D eigenvalue weighted by Gasteiger charge is 2.25. The Balaban J connectivity index is 4.14. The van der Waals surface area contributed by atoms with Gasteiger partial charge in [0.15, 0.2) is 0 Å². The van der Waals surface area contributed by atoms with Gasteiger partial charge in [-0.25, -0.2) is 9.65 Å². The third kappa shape index (κ3) is 5.39. The smallest absolute Gasteiger partial charge is 0.395 e. The summed E-state index contributed by atoms with van der Waals surface area (Å²) in [7, 11) is -3.20. The lowest BCUT2D eigenvalue weighted by molar-refractivity contribution is 0.195. The fourth-order valence-corrected chi connectivity index (χ4v) is 2.29. The maximum atomic E-state index is 11.7. The van der Waals surface area contributed by atoms with Gasteiger partial charge in [-0.05, 0) is 20.8 Å². The molecule has 0 aromatic heterocycles. The zero-order chi connectivity index (χ0) is 10.3. The van der Waals surface area contributed by atoms with E-state index in [1.165, 1.54) is 0 Å². The van der Waals surface area contributed by atoms with E-state index in [9.17, 15) is 4.57 Å². The average molecular weight is 211 g/mol. The molecule has 0 fully saturated rings. The summed E-state index contributed by atoms with van der Waals surface area (Å²) in [5.41, 5.74) is 0. The van der Waals surface area contributed by atoms with Crippen molar-refractivity contribution < 1.29 is 18.7 Å². The first-order valence-corrected chi connectivity index (χ1v) is 5.90. The highest BCUT2D eigenvalue weighted by molar-refractivity contribution is 7.51. The van der Waals surface area contributed by atoms with Crippen LogP contribution in [0.1, 0.15) is 20.8 Å². The summed E-state index contributed by atoms with van der Waals surface area (Å²) in [4.78, 5) is 0. The molecule has 0 aromatic carbocycles. The van der Waals surface area contributed by atoms with Crippen LogP contribution in [0.25, 0.3) is 0 Å². The Labute approximate surface area is 79.0 Å². The first kappa shape index (κ1) is 13.1. The van der Waals surface area contributed by atoms with E-state index in [1.54, 1.807) is 20.8 Å². The molecule has 0 saturated carbocycles. The summed E-state index contributed by atoms with van der Waals surface area (Å²) in [6.07, 6.45) is 0. The van der Waals surface area contributed by atoms with Gasteiger partial charge in [0, 0.05) is 6.04 Å². The van der Waals surface area contributed by atoms with Crippen LogP contribution >= 0.6 is 7.75 Å². The third-order valence-corrected chi connectivity index (χ3v) is 3.20. The molecule has 0 spiro atoms. The fourth-order valence-electron chi connectivity index (χ4n) is 0.762. The molecule has 0 radical (unpaired) electrons. The molecule has 1 atom stereocenters. The number of rotatable bonds is 7. The number of nitrogens with one attached hydrogen (secondary N) is 1. The Morgan fingerprint density at radius 3 is 2.15 bits per heavy atom. The largest absolute Gasteiger partial charge is 0.405 e. The molecular weight excluding hydrogens is 193 g/mol. The predicted octanol–water partition coefficient (Wildman–Crippen LogP) is 1.14. The molecule has 2 N–H and O–H groups in total. The molecule has 0 unspecified atom stereocenters. The van der Waals surface area contributed by atoms with Crippen molar-refractivity contribution in [3.63, 3.8) is 0 Å². The van der Waals surface area contributed by atoms with E-state index in [2.05, 4.69) is 5.09 Å². The number of aliphatic hydroxyl groups excluding tert-OH is 1. The highest BCUT2D eigenvalue weighted by Crippen LogP contribution is 2.43. The highest BCUT2D eigenvalue weighted by atomic mass is 31.2. The summed E-state index contributed by atoms with van der Waals surface area (Å²) < 4.78 is 21.6. The predicted molar refractivity (Wildman–Crippen MR) is 50.5 cm³/mol. The second-order valence-electron chi connectivity index (χ2n) is 2.55. The molecule has 0 aliphatic carbocycles. The van der Waals surface area contributed by atoms with Gasteiger partial charge in [0.2, 0.25) is 0 Å². The second kappa shape index (κ2) is 6.51. The molecule has 0 heterocycles. The van der Waals surface area contributed by atoms with E-state index in [4.69, 9.17) is 14.2 Å². The van der Waals surface area contributed by atoms with Crippen LogP contribution in [-0.4, -0.2) is 31.0 Å². The molecule has 0 saturated heterocycles. The lowest BCUT2D eigenvalue weighted by Crippen LogP contribution is -2.28. The molecule has 0 aliphatic rings. The van der Waals surface area contributed by atoms with Crippen LogP contribution in [0, 0.1) is 0 Å². The van der Waals surface area contributed by atoms with Gasteiger partial charge in [-0.15, -0.1) is 0 Å². The Hall–Kier alpha value is 0.0700. The first-order chi connectivity index (χ1) is 6.08. The van der Waals surface area contributed by atoms with Gasteiger partial charge in [0.05, 0.1) is 19.8 Å². The van der Waals surface area contributed by atoms with Gasteiger partial charge < -0.3 is 5.11 Å². The van der Waals surface area contributed by atoms with Crippen LogP contribution in [0.4, 0.5) is 0 Å². The first-order valence-electron chi connectivity index (χ1n) is 4.35. The molecule has 80 valence electrons. The minimum atomic E-state index is -3.20. The Morgan fingerprint density at radius 2 is 1.85 bits per heavy atom. The molecule has 0 rings (SSSR count). The standard InChI is InChI=1S/C7H18NO4P/c1-4-11-13(10,12-5-2)8-7(3)6-9/h7,9H,4-6H2,1-3H3,(H,8,10)/t7-/m0/s1. The zero-order valence-corrected chi connectivity index (χ0v) is 9.21. The third-order valence-electron chi connectivity index (χ3n) is 1.25. The van der Waals surface area contributed by atoms with Gasteiger partial charge in [-0.1, -0.05) is 0 Å².